The Morgan fingerprint density at radius 3 is 2.03 bits per heavy atom. The third kappa shape index (κ3) is 6.33. The van der Waals surface area contributed by atoms with Crippen molar-refractivity contribution in [3.05, 3.63) is 65.2 Å². The Bertz CT molecular complexity index is 942. The van der Waals surface area contributed by atoms with Crippen molar-refractivity contribution in [3.63, 3.8) is 0 Å². The molecule has 0 spiro atoms. The highest BCUT2D eigenvalue weighted by Gasteiger charge is 2.22. The van der Waals surface area contributed by atoms with Crippen LogP contribution in [0.2, 0.25) is 0 Å². The van der Waals surface area contributed by atoms with Crippen LogP contribution in [0.5, 0.6) is 5.75 Å². The maximum Gasteiger partial charge on any atom is 0.308 e. The molecule has 0 aliphatic heterocycles. The van der Waals surface area contributed by atoms with Gasteiger partial charge in [-0.1, -0.05) is 52.0 Å². The Morgan fingerprint density at radius 2 is 1.57 bits per heavy atom. The van der Waals surface area contributed by atoms with Crippen LogP contribution in [0, 0.1) is 0 Å². The average Bonchev–Trinajstić information content (AvgIpc) is 2.71. The maximum atomic E-state index is 13.2. The monoisotopic (exact) mass is 431 g/mol. The zero-order valence-corrected chi connectivity index (χ0v) is 19.6. The summed E-state index contributed by atoms with van der Waals surface area (Å²) in [6.07, 6.45) is 0.835. The number of amides is 1. The van der Waals surface area contributed by atoms with E-state index in [1.165, 1.54) is 12.5 Å². The molecule has 0 N–H and O–H groups in total. The minimum atomic E-state index is -3.55. The highest BCUT2D eigenvalue weighted by molar-refractivity contribution is 7.87. The standard InChI is InChI=1S/C24H33NO4S/c1-7-18(3)25(23(26)20-11-13-21(14-12-20)24(4,5)6)17-19-9-15-22(16-10-19)29-30(27,28)8-2/h9-16,18H,7-8,17H2,1-6H3/t18-/m0/s1. The fraction of sp³-hybridized carbons (Fsp3) is 0.458. The van der Waals surface area contributed by atoms with Gasteiger partial charge in [-0.05, 0) is 61.1 Å². The van der Waals surface area contributed by atoms with Gasteiger partial charge in [-0.25, -0.2) is 0 Å². The summed E-state index contributed by atoms with van der Waals surface area (Å²) < 4.78 is 28.3. The van der Waals surface area contributed by atoms with Crippen LogP contribution in [0.4, 0.5) is 0 Å². The first-order valence-corrected chi connectivity index (χ1v) is 12.0. The van der Waals surface area contributed by atoms with Crippen molar-refractivity contribution in [3.8, 4) is 5.75 Å². The molecule has 1 atom stereocenters. The van der Waals surface area contributed by atoms with Gasteiger partial charge < -0.3 is 9.08 Å². The molecule has 0 bridgehead atoms. The Labute approximate surface area is 181 Å². The van der Waals surface area contributed by atoms with E-state index in [-0.39, 0.29) is 28.9 Å². The van der Waals surface area contributed by atoms with Gasteiger partial charge in [-0.15, -0.1) is 0 Å². The molecule has 0 radical (unpaired) electrons. The van der Waals surface area contributed by atoms with Gasteiger partial charge in [-0.2, -0.15) is 8.42 Å². The summed E-state index contributed by atoms with van der Waals surface area (Å²) in [6, 6.07) is 14.7. The second-order valence-corrected chi connectivity index (χ2v) is 10.5. The fourth-order valence-corrected chi connectivity index (χ4v) is 3.50. The molecule has 0 heterocycles. The van der Waals surface area contributed by atoms with Crippen LogP contribution < -0.4 is 4.18 Å². The van der Waals surface area contributed by atoms with Gasteiger partial charge in [0, 0.05) is 18.2 Å². The second kappa shape index (κ2) is 9.65. The molecule has 0 saturated carbocycles. The minimum Gasteiger partial charge on any atom is -0.382 e. The molecule has 2 aromatic carbocycles. The van der Waals surface area contributed by atoms with Gasteiger partial charge in [0.15, 0.2) is 0 Å². The number of benzene rings is 2. The molecule has 0 fully saturated rings. The van der Waals surface area contributed by atoms with Crippen molar-refractivity contribution in [2.45, 2.75) is 66.0 Å². The van der Waals surface area contributed by atoms with E-state index in [1.54, 1.807) is 24.3 Å². The van der Waals surface area contributed by atoms with Crippen molar-refractivity contribution in [1.29, 1.82) is 0 Å². The molecular formula is C24H33NO4S. The van der Waals surface area contributed by atoms with Gasteiger partial charge in [0.05, 0.1) is 5.75 Å². The van der Waals surface area contributed by atoms with Crippen molar-refractivity contribution in [2.24, 2.45) is 0 Å². The Morgan fingerprint density at radius 1 is 1.00 bits per heavy atom. The van der Waals surface area contributed by atoms with E-state index in [1.807, 2.05) is 36.1 Å². The molecule has 2 aromatic rings. The highest BCUT2D eigenvalue weighted by atomic mass is 32.2. The number of hydrogen-bond acceptors (Lipinski definition) is 4. The van der Waals surface area contributed by atoms with Crippen LogP contribution in [0.3, 0.4) is 0 Å². The molecule has 0 aliphatic carbocycles. The summed E-state index contributed by atoms with van der Waals surface area (Å²) in [5, 5.41) is 0. The van der Waals surface area contributed by atoms with E-state index in [0.29, 0.717) is 12.1 Å². The number of nitrogens with zero attached hydrogens (tertiary/aromatic N) is 1. The van der Waals surface area contributed by atoms with Crippen LogP contribution in [-0.2, 0) is 22.1 Å². The molecule has 0 saturated heterocycles. The van der Waals surface area contributed by atoms with Gasteiger partial charge in [-0.3, -0.25) is 4.79 Å². The summed E-state index contributed by atoms with van der Waals surface area (Å²) in [5.41, 5.74) is 2.80. The lowest BCUT2D eigenvalue weighted by Gasteiger charge is -2.29. The lowest BCUT2D eigenvalue weighted by molar-refractivity contribution is 0.0671. The Hall–Kier alpha value is -2.34. The van der Waals surface area contributed by atoms with Gasteiger partial charge in [0.1, 0.15) is 5.75 Å². The van der Waals surface area contributed by atoms with Crippen molar-refractivity contribution in [2.75, 3.05) is 5.75 Å². The van der Waals surface area contributed by atoms with Crippen LogP contribution >= 0.6 is 0 Å². The van der Waals surface area contributed by atoms with E-state index in [2.05, 4.69) is 27.7 Å². The number of carbonyl (C=O) groups excluding carboxylic acids is 1. The molecule has 5 nitrogen and oxygen atoms in total. The van der Waals surface area contributed by atoms with E-state index < -0.39 is 10.1 Å². The zero-order valence-electron chi connectivity index (χ0n) is 18.8. The summed E-state index contributed by atoms with van der Waals surface area (Å²) in [6.45, 7) is 12.5. The number of rotatable bonds is 8. The van der Waals surface area contributed by atoms with E-state index >= 15 is 0 Å². The third-order valence-corrected chi connectivity index (χ3v) is 6.39. The molecule has 30 heavy (non-hydrogen) atoms. The number of carbonyl (C=O) groups is 1. The molecule has 0 aliphatic rings. The van der Waals surface area contributed by atoms with Crippen molar-refractivity contribution < 1.29 is 17.4 Å². The largest absolute Gasteiger partial charge is 0.382 e. The average molecular weight is 432 g/mol. The summed E-state index contributed by atoms with van der Waals surface area (Å²) in [4.78, 5) is 15.1. The van der Waals surface area contributed by atoms with Crippen molar-refractivity contribution in [1.82, 2.24) is 4.90 Å². The predicted molar refractivity (Wildman–Crippen MR) is 121 cm³/mol. The lowest BCUT2D eigenvalue weighted by Crippen LogP contribution is -2.37. The molecule has 2 rings (SSSR count). The first-order valence-electron chi connectivity index (χ1n) is 10.4. The zero-order chi connectivity index (χ0) is 22.5. The van der Waals surface area contributed by atoms with Crippen LogP contribution in [0.1, 0.15) is 69.4 Å². The first-order chi connectivity index (χ1) is 14.0. The smallest absolute Gasteiger partial charge is 0.308 e. The minimum absolute atomic E-state index is 0.0151. The van der Waals surface area contributed by atoms with Crippen LogP contribution in [0.25, 0.3) is 0 Å². The van der Waals surface area contributed by atoms with E-state index in [4.69, 9.17) is 4.18 Å². The fourth-order valence-electron chi connectivity index (χ4n) is 2.98. The molecule has 1 amide bonds. The van der Waals surface area contributed by atoms with Crippen LogP contribution in [-0.4, -0.2) is 31.0 Å². The van der Waals surface area contributed by atoms with Gasteiger partial charge in [0.25, 0.3) is 5.91 Å². The number of hydrogen-bond donors (Lipinski definition) is 0. The predicted octanol–water partition coefficient (Wildman–Crippen LogP) is 5.15. The maximum absolute atomic E-state index is 13.2. The topological polar surface area (TPSA) is 63.7 Å². The van der Waals surface area contributed by atoms with E-state index in [9.17, 15) is 13.2 Å². The summed E-state index contributed by atoms with van der Waals surface area (Å²) >= 11 is 0. The SMILES string of the molecule is CC[C@H](C)N(Cc1ccc(OS(=O)(=O)CC)cc1)C(=O)c1ccc(C(C)(C)C)cc1. The highest BCUT2D eigenvalue weighted by Crippen LogP contribution is 2.24. The van der Waals surface area contributed by atoms with Gasteiger partial charge in [0.2, 0.25) is 0 Å². The molecule has 0 aromatic heterocycles. The first kappa shape index (κ1) is 23.9. The quantitative estimate of drug-likeness (QED) is 0.542. The Kier molecular flexibility index (Phi) is 7.70. The molecule has 164 valence electrons. The molecule has 6 heteroatoms. The molecule has 0 unspecified atom stereocenters. The lowest BCUT2D eigenvalue weighted by atomic mass is 9.86. The molecular weight excluding hydrogens is 398 g/mol. The Balaban J connectivity index is 2.21. The van der Waals surface area contributed by atoms with Crippen molar-refractivity contribution >= 4 is 16.0 Å². The second-order valence-electron chi connectivity index (χ2n) is 8.59. The summed E-state index contributed by atoms with van der Waals surface area (Å²) in [7, 11) is -3.55. The van der Waals surface area contributed by atoms with Gasteiger partial charge >= 0.3 is 10.1 Å². The normalized spacial score (nSPS) is 13.0. The van der Waals surface area contributed by atoms with E-state index in [0.717, 1.165) is 12.0 Å². The summed E-state index contributed by atoms with van der Waals surface area (Å²) in [5.74, 6) is 0.178. The third-order valence-electron chi connectivity index (χ3n) is 5.23. The van der Waals surface area contributed by atoms with Crippen LogP contribution in [0.15, 0.2) is 48.5 Å².